The number of nitrogens with zero attached hydrogens (tertiary/aromatic N) is 1. The molecular formula is C18H29N3O3. The Kier molecular flexibility index (Phi) is 8.26. The van der Waals surface area contributed by atoms with Crippen molar-refractivity contribution in [3.05, 3.63) is 29.8 Å². The summed E-state index contributed by atoms with van der Waals surface area (Å²) in [5, 5.41) is 5.86. The second-order valence-corrected chi connectivity index (χ2v) is 6.02. The van der Waals surface area contributed by atoms with Crippen LogP contribution in [-0.4, -0.2) is 56.5 Å². The lowest BCUT2D eigenvalue weighted by atomic mass is 10.0. The number of hydrogen-bond donors (Lipinski definition) is 2. The minimum atomic E-state index is -0.550. The first-order valence-corrected chi connectivity index (χ1v) is 8.34. The van der Waals surface area contributed by atoms with E-state index in [2.05, 4.69) is 10.6 Å². The highest BCUT2D eigenvalue weighted by atomic mass is 16.5. The van der Waals surface area contributed by atoms with E-state index in [-0.39, 0.29) is 17.7 Å². The van der Waals surface area contributed by atoms with Crippen molar-refractivity contribution >= 4 is 11.8 Å². The Morgan fingerprint density at radius 2 is 1.83 bits per heavy atom. The van der Waals surface area contributed by atoms with Crippen LogP contribution in [0.5, 0.6) is 5.75 Å². The van der Waals surface area contributed by atoms with Gasteiger partial charge in [-0.25, -0.2) is 0 Å². The molecule has 0 heterocycles. The molecule has 1 unspecified atom stereocenters. The van der Waals surface area contributed by atoms with Crippen molar-refractivity contribution in [2.24, 2.45) is 5.92 Å². The number of ether oxygens (including phenoxy) is 1. The van der Waals surface area contributed by atoms with Crippen molar-refractivity contribution in [1.82, 2.24) is 15.5 Å². The summed E-state index contributed by atoms with van der Waals surface area (Å²) < 4.78 is 5.37. The fraction of sp³-hybridized carbons (Fsp3) is 0.556. The van der Waals surface area contributed by atoms with E-state index in [0.29, 0.717) is 25.3 Å². The fourth-order valence-electron chi connectivity index (χ4n) is 2.23. The standard InChI is InChI=1S/C18H29N3O3/c1-6-24-15-9-7-14(8-10-15)17(22)20-16(13(2)3)18(23)21(5)12-11-19-4/h7-10,13,16,19H,6,11-12H2,1-5H3,(H,20,22). The highest BCUT2D eigenvalue weighted by molar-refractivity contribution is 5.97. The zero-order valence-corrected chi connectivity index (χ0v) is 15.3. The van der Waals surface area contributed by atoms with E-state index in [9.17, 15) is 9.59 Å². The Bertz CT molecular complexity index is 529. The van der Waals surface area contributed by atoms with E-state index in [0.717, 1.165) is 5.75 Å². The van der Waals surface area contributed by atoms with Gasteiger partial charge in [0.25, 0.3) is 5.91 Å². The summed E-state index contributed by atoms with van der Waals surface area (Å²) in [5.74, 6) is 0.380. The van der Waals surface area contributed by atoms with E-state index >= 15 is 0 Å². The van der Waals surface area contributed by atoms with E-state index in [4.69, 9.17) is 4.74 Å². The maximum absolute atomic E-state index is 12.6. The highest BCUT2D eigenvalue weighted by Gasteiger charge is 2.27. The number of carbonyl (C=O) groups is 2. The van der Waals surface area contributed by atoms with Gasteiger partial charge in [-0.3, -0.25) is 9.59 Å². The van der Waals surface area contributed by atoms with Gasteiger partial charge < -0.3 is 20.3 Å². The number of hydrogen-bond acceptors (Lipinski definition) is 4. The zero-order valence-electron chi connectivity index (χ0n) is 15.3. The molecule has 0 radical (unpaired) electrons. The lowest BCUT2D eigenvalue weighted by Gasteiger charge is -2.27. The molecule has 0 aliphatic heterocycles. The van der Waals surface area contributed by atoms with Crippen molar-refractivity contribution < 1.29 is 14.3 Å². The number of amides is 2. The lowest BCUT2D eigenvalue weighted by molar-refractivity contribution is -0.132. The summed E-state index contributed by atoms with van der Waals surface area (Å²) in [7, 11) is 3.59. The third-order valence-electron chi connectivity index (χ3n) is 3.72. The van der Waals surface area contributed by atoms with E-state index in [1.165, 1.54) is 0 Å². The second-order valence-electron chi connectivity index (χ2n) is 6.02. The first-order chi connectivity index (χ1) is 11.4. The molecule has 0 spiro atoms. The highest BCUT2D eigenvalue weighted by Crippen LogP contribution is 2.13. The van der Waals surface area contributed by atoms with Crippen LogP contribution in [0.4, 0.5) is 0 Å². The van der Waals surface area contributed by atoms with Crippen LogP contribution >= 0.6 is 0 Å². The SMILES string of the molecule is CCOc1ccc(C(=O)NC(C(=O)N(C)CCNC)C(C)C)cc1. The zero-order chi connectivity index (χ0) is 18.1. The van der Waals surface area contributed by atoms with Crippen molar-refractivity contribution in [1.29, 1.82) is 0 Å². The molecule has 0 aliphatic carbocycles. The molecule has 6 heteroatoms. The molecule has 0 fully saturated rings. The normalized spacial score (nSPS) is 11.9. The summed E-state index contributed by atoms with van der Waals surface area (Å²) in [6.07, 6.45) is 0. The van der Waals surface area contributed by atoms with E-state index in [1.54, 1.807) is 36.2 Å². The van der Waals surface area contributed by atoms with Gasteiger partial charge in [-0.2, -0.15) is 0 Å². The summed E-state index contributed by atoms with van der Waals surface area (Å²) in [4.78, 5) is 26.6. The number of nitrogens with one attached hydrogen (secondary N) is 2. The summed E-state index contributed by atoms with van der Waals surface area (Å²) in [6, 6.07) is 6.36. The maximum atomic E-state index is 12.6. The molecule has 1 rings (SSSR count). The topological polar surface area (TPSA) is 70.7 Å². The van der Waals surface area contributed by atoms with Crippen molar-refractivity contribution in [2.75, 3.05) is 33.8 Å². The predicted molar refractivity (Wildman–Crippen MR) is 95.3 cm³/mol. The van der Waals surface area contributed by atoms with Crippen LogP contribution < -0.4 is 15.4 Å². The predicted octanol–water partition coefficient (Wildman–Crippen LogP) is 1.52. The van der Waals surface area contributed by atoms with Crippen molar-refractivity contribution in [3.8, 4) is 5.75 Å². The Hall–Kier alpha value is -2.08. The lowest BCUT2D eigenvalue weighted by Crippen LogP contribution is -2.51. The minimum absolute atomic E-state index is 0.00110. The Morgan fingerprint density at radius 1 is 1.21 bits per heavy atom. The monoisotopic (exact) mass is 335 g/mol. The van der Waals surface area contributed by atoms with Gasteiger partial charge in [0.1, 0.15) is 11.8 Å². The first kappa shape index (κ1) is 20.0. The van der Waals surface area contributed by atoms with Gasteiger partial charge >= 0.3 is 0 Å². The molecule has 0 aliphatic rings. The van der Waals surface area contributed by atoms with Crippen LogP contribution in [0.1, 0.15) is 31.1 Å². The van der Waals surface area contributed by atoms with Crippen LogP contribution in [-0.2, 0) is 4.79 Å². The van der Waals surface area contributed by atoms with Gasteiger partial charge in [-0.1, -0.05) is 13.8 Å². The molecule has 0 saturated heterocycles. The Balaban J connectivity index is 2.76. The van der Waals surface area contributed by atoms with Crippen LogP contribution in [0.2, 0.25) is 0 Å². The largest absolute Gasteiger partial charge is 0.494 e. The Labute approximate surface area is 144 Å². The second kappa shape index (κ2) is 9.93. The quantitative estimate of drug-likeness (QED) is 0.718. The summed E-state index contributed by atoms with van der Waals surface area (Å²) in [6.45, 7) is 7.63. The van der Waals surface area contributed by atoms with Crippen LogP contribution in [0.25, 0.3) is 0 Å². The van der Waals surface area contributed by atoms with E-state index in [1.807, 2.05) is 27.8 Å². The maximum Gasteiger partial charge on any atom is 0.251 e. The molecule has 134 valence electrons. The third-order valence-corrected chi connectivity index (χ3v) is 3.72. The number of likely N-dealkylation sites (N-methyl/N-ethyl adjacent to an activating group) is 2. The molecule has 2 N–H and O–H groups in total. The molecule has 1 aromatic rings. The van der Waals surface area contributed by atoms with Gasteiger partial charge in [0.2, 0.25) is 5.91 Å². The molecule has 1 atom stereocenters. The summed E-state index contributed by atoms with van der Waals surface area (Å²) in [5.41, 5.74) is 0.509. The molecule has 24 heavy (non-hydrogen) atoms. The average molecular weight is 335 g/mol. The van der Waals surface area contributed by atoms with Gasteiger partial charge in [0, 0.05) is 25.7 Å². The minimum Gasteiger partial charge on any atom is -0.494 e. The molecule has 1 aromatic carbocycles. The summed E-state index contributed by atoms with van der Waals surface area (Å²) >= 11 is 0. The van der Waals surface area contributed by atoms with E-state index < -0.39 is 6.04 Å². The van der Waals surface area contributed by atoms with Crippen molar-refractivity contribution in [2.45, 2.75) is 26.8 Å². The number of benzene rings is 1. The third kappa shape index (κ3) is 5.85. The van der Waals surface area contributed by atoms with Crippen LogP contribution in [0, 0.1) is 5.92 Å². The average Bonchev–Trinajstić information content (AvgIpc) is 2.57. The Morgan fingerprint density at radius 3 is 2.33 bits per heavy atom. The molecule has 6 nitrogen and oxygen atoms in total. The van der Waals surface area contributed by atoms with Gasteiger partial charge in [0.05, 0.1) is 6.61 Å². The van der Waals surface area contributed by atoms with Crippen LogP contribution in [0.15, 0.2) is 24.3 Å². The molecule has 0 bridgehead atoms. The molecule has 2 amide bonds. The van der Waals surface area contributed by atoms with Crippen LogP contribution in [0.3, 0.4) is 0 Å². The fourth-order valence-corrected chi connectivity index (χ4v) is 2.23. The smallest absolute Gasteiger partial charge is 0.251 e. The van der Waals surface area contributed by atoms with Crippen molar-refractivity contribution in [3.63, 3.8) is 0 Å². The van der Waals surface area contributed by atoms with Gasteiger partial charge in [0.15, 0.2) is 0 Å². The molecular weight excluding hydrogens is 306 g/mol. The van der Waals surface area contributed by atoms with Gasteiger partial charge in [-0.05, 0) is 44.2 Å². The van der Waals surface area contributed by atoms with Gasteiger partial charge in [-0.15, -0.1) is 0 Å². The molecule has 0 saturated carbocycles. The first-order valence-electron chi connectivity index (χ1n) is 8.34. The number of rotatable bonds is 9. The number of carbonyl (C=O) groups excluding carboxylic acids is 2. The molecule has 0 aromatic heterocycles.